The number of ketones is 1. The average Bonchev–Trinajstić information content (AvgIpc) is 2.45. The van der Waals surface area contributed by atoms with E-state index in [0.29, 0.717) is 6.16 Å². The van der Waals surface area contributed by atoms with Gasteiger partial charge in [0.2, 0.25) is 0 Å². The highest BCUT2D eigenvalue weighted by atomic mass is 31.2. The first-order valence-electron chi connectivity index (χ1n) is 6.59. The van der Waals surface area contributed by atoms with Crippen molar-refractivity contribution < 1.29 is 13.8 Å². The van der Waals surface area contributed by atoms with Crippen molar-refractivity contribution in [3.05, 3.63) is 35.9 Å². The average molecular weight is 282 g/mol. The largest absolute Gasteiger partial charge is 0.337 e. The van der Waals surface area contributed by atoms with Gasteiger partial charge in [0.1, 0.15) is 5.78 Å². The van der Waals surface area contributed by atoms with Crippen LogP contribution < -0.4 is 0 Å². The topological polar surface area (TPSA) is 35.5 Å². The quantitative estimate of drug-likeness (QED) is 0.646. The first-order chi connectivity index (χ1) is 9.17. The van der Waals surface area contributed by atoms with Crippen LogP contribution in [0, 0.1) is 5.92 Å². The number of carbonyl (C=O) groups is 1. The van der Waals surface area contributed by atoms with Gasteiger partial charge in [-0.3, -0.25) is 4.79 Å². The molecule has 0 aliphatic heterocycles. The molecule has 1 aromatic carbocycles. The van der Waals surface area contributed by atoms with Crippen LogP contribution in [-0.2, 0) is 20.3 Å². The molecule has 0 amide bonds. The maximum absolute atomic E-state index is 12.0. The first kappa shape index (κ1) is 16.3. The third-order valence-electron chi connectivity index (χ3n) is 3.19. The van der Waals surface area contributed by atoms with E-state index in [1.54, 1.807) is 14.2 Å². The SMILES string of the molecule is COP(CC(=O)C(C)CCCc1ccccc1)OC. The first-order valence-corrected chi connectivity index (χ1v) is 7.96. The highest BCUT2D eigenvalue weighted by Crippen LogP contribution is 2.36. The molecule has 3 nitrogen and oxygen atoms in total. The Kier molecular flexibility index (Phi) is 7.88. The van der Waals surface area contributed by atoms with Gasteiger partial charge in [-0.15, -0.1) is 0 Å². The Morgan fingerprint density at radius 1 is 1.21 bits per heavy atom. The van der Waals surface area contributed by atoms with E-state index >= 15 is 0 Å². The zero-order chi connectivity index (χ0) is 14.1. The molecule has 106 valence electrons. The molecular formula is C15H23O3P. The zero-order valence-electron chi connectivity index (χ0n) is 12.0. The molecule has 0 aliphatic carbocycles. The fourth-order valence-corrected chi connectivity index (χ4v) is 2.88. The van der Waals surface area contributed by atoms with E-state index in [4.69, 9.17) is 9.05 Å². The predicted octanol–water partition coefficient (Wildman–Crippen LogP) is 3.82. The summed E-state index contributed by atoms with van der Waals surface area (Å²) in [6.45, 7) is 1.99. The van der Waals surface area contributed by atoms with E-state index in [1.165, 1.54) is 5.56 Å². The van der Waals surface area contributed by atoms with Gasteiger partial charge in [-0.2, -0.15) is 0 Å². The minimum Gasteiger partial charge on any atom is -0.337 e. The standard InChI is InChI=1S/C15H23O3P/c1-13(15(16)12-19(17-2)18-3)8-7-11-14-9-5-4-6-10-14/h4-6,9-10,13H,7-8,11-12H2,1-3H3. The highest BCUT2D eigenvalue weighted by molar-refractivity contribution is 7.48. The van der Waals surface area contributed by atoms with Gasteiger partial charge in [-0.25, -0.2) is 0 Å². The van der Waals surface area contributed by atoms with E-state index in [-0.39, 0.29) is 11.7 Å². The van der Waals surface area contributed by atoms with Gasteiger partial charge in [-0.1, -0.05) is 37.3 Å². The Balaban J connectivity index is 2.27. The molecule has 0 spiro atoms. The van der Waals surface area contributed by atoms with Gasteiger partial charge in [-0.05, 0) is 24.8 Å². The van der Waals surface area contributed by atoms with Gasteiger partial charge >= 0.3 is 0 Å². The summed E-state index contributed by atoms with van der Waals surface area (Å²) in [5, 5.41) is 0. The molecule has 0 radical (unpaired) electrons. The molecule has 0 heterocycles. The van der Waals surface area contributed by atoms with Crippen LogP contribution in [0.4, 0.5) is 0 Å². The maximum atomic E-state index is 12.0. The molecule has 0 fully saturated rings. The molecule has 1 rings (SSSR count). The lowest BCUT2D eigenvalue weighted by Gasteiger charge is -2.14. The molecule has 1 unspecified atom stereocenters. The summed E-state index contributed by atoms with van der Waals surface area (Å²) < 4.78 is 10.2. The Morgan fingerprint density at radius 3 is 2.42 bits per heavy atom. The highest BCUT2D eigenvalue weighted by Gasteiger charge is 2.18. The van der Waals surface area contributed by atoms with Crippen LogP contribution in [0.15, 0.2) is 30.3 Å². The molecule has 0 aromatic heterocycles. The molecule has 0 aliphatic rings. The number of benzene rings is 1. The summed E-state index contributed by atoms with van der Waals surface area (Å²) in [7, 11) is 2.14. The van der Waals surface area contributed by atoms with Gasteiger partial charge < -0.3 is 9.05 Å². The fraction of sp³-hybridized carbons (Fsp3) is 0.533. The molecule has 0 saturated carbocycles. The summed E-state index contributed by atoms with van der Waals surface area (Å²) in [4.78, 5) is 12.0. The lowest BCUT2D eigenvalue weighted by atomic mass is 9.98. The van der Waals surface area contributed by atoms with Gasteiger partial charge in [0, 0.05) is 20.1 Å². The van der Waals surface area contributed by atoms with Crippen LogP contribution in [0.5, 0.6) is 0 Å². The normalized spacial score (nSPS) is 12.6. The van der Waals surface area contributed by atoms with Crippen molar-refractivity contribution >= 4 is 14.2 Å². The second kappa shape index (κ2) is 9.19. The summed E-state index contributed by atoms with van der Waals surface area (Å²) >= 11 is 0. The van der Waals surface area contributed by atoms with Crippen LogP contribution in [0.1, 0.15) is 25.3 Å². The van der Waals surface area contributed by atoms with Gasteiger partial charge in [0.25, 0.3) is 0 Å². The van der Waals surface area contributed by atoms with Crippen molar-refractivity contribution in [2.75, 3.05) is 20.4 Å². The van der Waals surface area contributed by atoms with Crippen molar-refractivity contribution in [1.82, 2.24) is 0 Å². The van der Waals surface area contributed by atoms with Crippen LogP contribution in [-0.4, -0.2) is 26.2 Å². The van der Waals surface area contributed by atoms with Gasteiger partial charge in [0.05, 0.1) is 6.16 Å². The minimum atomic E-state index is -1.04. The number of rotatable bonds is 9. The molecule has 19 heavy (non-hydrogen) atoms. The third-order valence-corrected chi connectivity index (χ3v) is 4.57. The predicted molar refractivity (Wildman–Crippen MR) is 79.4 cm³/mol. The summed E-state index contributed by atoms with van der Waals surface area (Å²) in [5.41, 5.74) is 1.33. The molecule has 1 aromatic rings. The molecular weight excluding hydrogens is 259 g/mol. The van der Waals surface area contributed by atoms with Crippen LogP contribution in [0.25, 0.3) is 0 Å². The van der Waals surface area contributed by atoms with Gasteiger partial charge in [0.15, 0.2) is 8.38 Å². The summed E-state index contributed by atoms with van der Waals surface area (Å²) in [5.74, 6) is 0.321. The third kappa shape index (κ3) is 6.29. The van der Waals surface area contributed by atoms with Crippen molar-refractivity contribution in [1.29, 1.82) is 0 Å². The van der Waals surface area contributed by atoms with E-state index in [9.17, 15) is 4.79 Å². The van der Waals surface area contributed by atoms with Crippen LogP contribution >= 0.6 is 8.38 Å². The zero-order valence-corrected chi connectivity index (χ0v) is 12.9. The van der Waals surface area contributed by atoms with E-state index in [2.05, 4.69) is 12.1 Å². The number of hydrogen-bond donors (Lipinski definition) is 0. The molecule has 0 saturated heterocycles. The Labute approximate surface area is 117 Å². The number of aryl methyl sites for hydroxylation is 1. The second-order valence-corrected chi connectivity index (χ2v) is 6.31. The lowest BCUT2D eigenvalue weighted by Crippen LogP contribution is -2.15. The number of Topliss-reactive ketones (excluding diaryl/α,β-unsaturated/α-hetero) is 1. The Hall–Kier alpha value is -0.760. The number of carbonyl (C=O) groups excluding carboxylic acids is 1. The van der Waals surface area contributed by atoms with Crippen molar-refractivity contribution in [3.63, 3.8) is 0 Å². The van der Waals surface area contributed by atoms with Crippen molar-refractivity contribution in [2.24, 2.45) is 5.92 Å². The molecule has 0 bridgehead atoms. The van der Waals surface area contributed by atoms with Crippen LogP contribution in [0.3, 0.4) is 0 Å². The second-order valence-electron chi connectivity index (χ2n) is 4.60. The summed E-state index contributed by atoms with van der Waals surface area (Å²) in [6, 6.07) is 10.4. The summed E-state index contributed by atoms with van der Waals surface area (Å²) in [6.07, 6.45) is 3.38. The Bertz CT molecular complexity index is 363. The molecule has 1 atom stereocenters. The minimum absolute atomic E-state index is 0.0824. The van der Waals surface area contributed by atoms with E-state index < -0.39 is 8.38 Å². The molecule has 0 N–H and O–H groups in total. The van der Waals surface area contributed by atoms with E-state index in [1.807, 2.05) is 25.1 Å². The maximum Gasteiger partial charge on any atom is 0.177 e. The van der Waals surface area contributed by atoms with Crippen LogP contribution in [0.2, 0.25) is 0 Å². The van der Waals surface area contributed by atoms with Crippen molar-refractivity contribution in [2.45, 2.75) is 26.2 Å². The van der Waals surface area contributed by atoms with Crippen molar-refractivity contribution in [3.8, 4) is 0 Å². The fourth-order valence-electron chi connectivity index (χ4n) is 1.90. The number of hydrogen-bond acceptors (Lipinski definition) is 3. The van der Waals surface area contributed by atoms with E-state index in [0.717, 1.165) is 19.3 Å². The molecule has 4 heteroatoms. The smallest absolute Gasteiger partial charge is 0.177 e. The monoisotopic (exact) mass is 282 g/mol. The Morgan fingerprint density at radius 2 is 1.84 bits per heavy atom. The lowest BCUT2D eigenvalue weighted by molar-refractivity contribution is -0.120.